The van der Waals surface area contributed by atoms with Crippen LogP contribution in [0.3, 0.4) is 0 Å². The first-order chi connectivity index (χ1) is 23.8. The van der Waals surface area contributed by atoms with E-state index in [1.165, 1.54) is 52.8 Å². The first-order valence-electron chi connectivity index (χ1n) is 16.2. The van der Waals surface area contributed by atoms with E-state index in [4.69, 9.17) is 9.97 Å². The summed E-state index contributed by atoms with van der Waals surface area (Å²) in [6.45, 7) is 0. The van der Waals surface area contributed by atoms with Crippen LogP contribution in [0.1, 0.15) is 0 Å². The quantitative estimate of drug-likeness (QED) is 0.194. The minimum atomic E-state index is 0.710. The van der Waals surface area contributed by atoms with E-state index in [0.717, 1.165) is 33.8 Å². The SMILES string of the molecule is c1ccc(-c2cc(-c3ccccc3)nc(-c3ccc(-n4c5cc6ccccc6cc5c5cc6sc7ccccc7c6cc54)cc3)n2)cc1. The second kappa shape index (κ2) is 10.7. The predicted molar refractivity (Wildman–Crippen MR) is 203 cm³/mol. The number of benzene rings is 7. The number of fused-ring (bicyclic) bond motifs is 7. The normalized spacial score (nSPS) is 11.8. The molecule has 10 aromatic rings. The lowest BCUT2D eigenvalue weighted by atomic mass is 10.1. The van der Waals surface area contributed by atoms with E-state index in [9.17, 15) is 0 Å². The van der Waals surface area contributed by atoms with Crippen LogP contribution in [0.4, 0.5) is 0 Å². The van der Waals surface area contributed by atoms with Gasteiger partial charge in [0, 0.05) is 53.3 Å². The van der Waals surface area contributed by atoms with E-state index in [2.05, 4.69) is 156 Å². The van der Waals surface area contributed by atoms with E-state index in [0.29, 0.717) is 5.82 Å². The lowest BCUT2D eigenvalue weighted by Gasteiger charge is -2.11. The van der Waals surface area contributed by atoms with Crippen LogP contribution in [0, 0.1) is 0 Å². The molecule has 10 rings (SSSR count). The molecule has 3 nitrogen and oxygen atoms in total. The topological polar surface area (TPSA) is 30.7 Å². The van der Waals surface area contributed by atoms with Crippen LogP contribution in [0.25, 0.3) is 92.3 Å². The zero-order valence-corrected chi connectivity index (χ0v) is 26.7. The summed E-state index contributed by atoms with van der Waals surface area (Å²) in [5.74, 6) is 0.710. The van der Waals surface area contributed by atoms with Crippen LogP contribution < -0.4 is 0 Å². The molecule has 48 heavy (non-hydrogen) atoms. The zero-order valence-electron chi connectivity index (χ0n) is 25.8. The molecule has 0 saturated heterocycles. The van der Waals surface area contributed by atoms with Crippen molar-refractivity contribution in [1.82, 2.24) is 14.5 Å². The molecule has 0 radical (unpaired) electrons. The Morgan fingerprint density at radius 3 is 1.69 bits per heavy atom. The van der Waals surface area contributed by atoms with Crippen molar-refractivity contribution < 1.29 is 0 Å². The Bertz CT molecular complexity index is 2760. The van der Waals surface area contributed by atoms with Crippen molar-refractivity contribution in [3.63, 3.8) is 0 Å². The molecule has 3 aromatic heterocycles. The van der Waals surface area contributed by atoms with Crippen LogP contribution in [-0.2, 0) is 0 Å². The van der Waals surface area contributed by atoms with Gasteiger partial charge in [-0.05, 0) is 71.4 Å². The van der Waals surface area contributed by atoms with Gasteiger partial charge in [0.1, 0.15) is 0 Å². The van der Waals surface area contributed by atoms with E-state index >= 15 is 0 Å². The molecule has 0 aliphatic heterocycles. The number of hydrogen-bond acceptors (Lipinski definition) is 3. The zero-order chi connectivity index (χ0) is 31.6. The molecule has 224 valence electrons. The fourth-order valence-corrected chi connectivity index (χ4v) is 8.17. The Balaban J connectivity index is 1.18. The van der Waals surface area contributed by atoms with Gasteiger partial charge in [0.25, 0.3) is 0 Å². The van der Waals surface area contributed by atoms with Gasteiger partial charge in [-0.1, -0.05) is 103 Å². The van der Waals surface area contributed by atoms with Crippen molar-refractivity contribution in [2.75, 3.05) is 0 Å². The Kier molecular flexibility index (Phi) is 6.05. The summed E-state index contributed by atoms with van der Waals surface area (Å²) in [7, 11) is 0. The van der Waals surface area contributed by atoms with E-state index in [-0.39, 0.29) is 0 Å². The summed E-state index contributed by atoms with van der Waals surface area (Å²) in [4.78, 5) is 10.1. The fourth-order valence-electron chi connectivity index (χ4n) is 7.05. The maximum Gasteiger partial charge on any atom is 0.160 e. The predicted octanol–water partition coefficient (Wildman–Crippen LogP) is 12.1. The van der Waals surface area contributed by atoms with Crippen molar-refractivity contribution in [2.24, 2.45) is 0 Å². The molecule has 0 spiro atoms. The summed E-state index contributed by atoms with van der Waals surface area (Å²) in [5, 5.41) is 7.62. The molecule has 0 N–H and O–H groups in total. The van der Waals surface area contributed by atoms with Crippen molar-refractivity contribution in [1.29, 1.82) is 0 Å². The van der Waals surface area contributed by atoms with Crippen molar-refractivity contribution >= 4 is 64.1 Å². The maximum atomic E-state index is 5.07. The molecule has 0 saturated carbocycles. The highest BCUT2D eigenvalue weighted by atomic mass is 32.1. The van der Waals surface area contributed by atoms with Crippen molar-refractivity contribution in [2.45, 2.75) is 0 Å². The summed E-state index contributed by atoms with van der Waals surface area (Å²) >= 11 is 1.87. The molecule has 4 heteroatoms. The summed E-state index contributed by atoms with van der Waals surface area (Å²) in [5.41, 5.74) is 8.44. The maximum absolute atomic E-state index is 5.07. The number of thiophene rings is 1. The van der Waals surface area contributed by atoms with Gasteiger partial charge in [-0.3, -0.25) is 0 Å². The minimum absolute atomic E-state index is 0.710. The Hall–Kier alpha value is -6.10. The lowest BCUT2D eigenvalue weighted by Crippen LogP contribution is -1.97. The molecular weight excluding hydrogens is 603 g/mol. The second-order valence-electron chi connectivity index (χ2n) is 12.3. The fraction of sp³-hybridized carbons (Fsp3) is 0. The molecule has 0 aliphatic carbocycles. The summed E-state index contributed by atoms with van der Waals surface area (Å²) in [6.07, 6.45) is 0. The van der Waals surface area contributed by atoms with Gasteiger partial charge in [0.05, 0.1) is 22.4 Å². The Morgan fingerprint density at radius 1 is 0.396 bits per heavy atom. The highest BCUT2D eigenvalue weighted by Gasteiger charge is 2.17. The van der Waals surface area contributed by atoms with Gasteiger partial charge < -0.3 is 4.57 Å². The van der Waals surface area contributed by atoms with Gasteiger partial charge in [0.2, 0.25) is 0 Å². The first kappa shape index (κ1) is 27.1. The van der Waals surface area contributed by atoms with Crippen LogP contribution in [-0.4, -0.2) is 14.5 Å². The van der Waals surface area contributed by atoms with Gasteiger partial charge in [-0.15, -0.1) is 11.3 Å². The average Bonchev–Trinajstić information content (AvgIpc) is 3.67. The van der Waals surface area contributed by atoms with Crippen LogP contribution in [0.2, 0.25) is 0 Å². The number of hydrogen-bond donors (Lipinski definition) is 0. The summed E-state index contributed by atoms with van der Waals surface area (Å²) < 4.78 is 5.05. The minimum Gasteiger partial charge on any atom is -0.309 e. The average molecular weight is 630 g/mol. The molecule has 0 unspecified atom stereocenters. The number of aromatic nitrogens is 3. The standard InChI is InChI=1S/C44H27N3S/c1-3-11-28(12-4-1)38-27-39(29-13-5-2-6-14-29)46-44(45-38)30-19-21-33(22-20-30)47-40-24-32-16-8-7-15-31(32)23-35(40)36-26-43-37(25-41(36)47)34-17-9-10-18-42(34)48-43/h1-27H. The molecule has 0 atom stereocenters. The van der Waals surface area contributed by atoms with E-state index < -0.39 is 0 Å². The highest BCUT2D eigenvalue weighted by molar-refractivity contribution is 7.25. The van der Waals surface area contributed by atoms with Crippen LogP contribution in [0.15, 0.2) is 164 Å². The first-order valence-corrected chi connectivity index (χ1v) is 17.0. The van der Waals surface area contributed by atoms with E-state index in [1.54, 1.807) is 0 Å². The van der Waals surface area contributed by atoms with Gasteiger partial charge in [0.15, 0.2) is 5.82 Å². The smallest absolute Gasteiger partial charge is 0.160 e. The Labute approximate surface area is 281 Å². The van der Waals surface area contributed by atoms with Crippen molar-refractivity contribution in [3.05, 3.63) is 164 Å². The third kappa shape index (κ3) is 4.34. The van der Waals surface area contributed by atoms with Gasteiger partial charge in [-0.2, -0.15) is 0 Å². The molecule has 3 heterocycles. The lowest BCUT2D eigenvalue weighted by molar-refractivity contribution is 1.16. The van der Waals surface area contributed by atoms with Crippen LogP contribution >= 0.6 is 11.3 Å². The summed E-state index contributed by atoms with van der Waals surface area (Å²) in [6, 6.07) is 58.3. The number of rotatable bonds is 4. The monoisotopic (exact) mass is 629 g/mol. The third-order valence-corrected chi connectivity index (χ3v) is 10.5. The molecule has 0 bridgehead atoms. The van der Waals surface area contributed by atoms with Crippen molar-refractivity contribution in [3.8, 4) is 39.6 Å². The van der Waals surface area contributed by atoms with Gasteiger partial charge in [-0.25, -0.2) is 9.97 Å². The van der Waals surface area contributed by atoms with Crippen LogP contribution in [0.5, 0.6) is 0 Å². The molecule has 0 amide bonds. The molecule has 0 fully saturated rings. The number of nitrogens with zero attached hydrogens (tertiary/aromatic N) is 3. The van der Waals surface area contributed by atoms with E-state index in [1.807, 2.05) is 23.5 Å². The highest BCUT2D eigenvalue weighted by Crippen LogP contribution is 2.41. The molecule has 7 aromatic carbocycles. The second-order valence-corrected chi connectivity index (χ2v) is 13.3. The molecular formula is C44H27N3S. The largest absolute Gasteiger partial charge is 0.309 e. The molecule has 0 aliphatic rings. The Morgan fingerprint density at radius 2 is 0.979 bits per heavy atom. The third-order valence-electron chi connectivity index (χ3n) is 9.38. The van der Waals surface area contributed by atoms with Gasteiger partial charge >= 0.3 is 0 Å².